The Labute approximate surface area is 176 Å². The third kappa shape index (κ3) is 7.95. The molecule has 2 amide bonds. The molecule has 2 atom stereocenters. The SMILES string of the molecule is CC(C)CC(NC(=O)OCc1ccccc1)C(=O)NC(Cc1ccccc1)C(=O)O. The molecule has 0 aliphatic rings. The van der Waals surface area contributed by atoms with Crippen LogP contribution in [-0.2, 0) is 27.4 Å². The zero-order chi connectivity index (χ0) is 21.9. The van der Waals surface area contributed by atoms with Crippen molar-refractivity contribution in [2.45, 2.75) is 45.4 Å². The minimum atomic E-state index is -1.14. The van der Waals surface area contributed by atoms with Crippen molar-refractivity contribution >= 4 is 18.0 Å². The third-order valence-corrected chi connectivity index (χ3v) is 4.43. The summed E-state index contributed by atoms with van der Waals surface area (Å²) >= 11 is 0. The average Bonchev–Trinajstić information content (AvgIpc) is 2.72. The third-order valence-electron chi connectivity index (χ3n) is 4.43. The monoisotopic (exact) mass is 412 g/mol. The number of carbonyl (C=O) groups is 3. The van der Waals surface area contributed by atoms with Crippen LogP contribution in [0.1, 0.15) is 31.4 Å². The molecule has 2 aromatic rings. The summed E-state index contributed by atoms with van der Waals surface area (Å²) in [5.41, 5.74) is 1.62. The molecule has 0 fully saturated rings. The van der Waals surface area contributed by atoms with E-state index in [1.807, 2.05) is 62.4 Å². The van der Waals surface area contributed by atoms with E-state index in [4.69, 9.17) is 4.74 Å². The number of amides is 2. The van der Waals surface area contributed by atoms with Gasteiger partial charge in [-0.25, -0.2) is 9.59 Å². The topological polar surface area (TPSA) is 105 Å². The van der Waals surface area contributed by atoms with Gasteiger partial charge < -0.3 is 20.5 Å². The summed E-state index contributed by atoms with van der Waals surface area (Å²) in [5, 5.41) is 14.6. The lowest BCUT2D eigenvalue weighted by atomic mass is 10.0. The molecule has 0 aliphatic carbocycles. The van der Waals surface area contributed by atoms with Gasteiger partial charge in [-0.1, -0.05) is 74.5 Å². The Kier molecular flexibility index (Phi) is 8.87. The lowest BCUT2D eigenvalue weighted by Gasteiger charge is -2.22. The molecule has 3 N–H and O–H groups in total. The fraction of sp³-hybridized carbons (Fsp3) is 0.348. The highest BCUT2D eigenvalue weighted by Gasteiger charge is 2.27. The molecular formula is C23H28N2O5. The van der Waals surface area contributed by atoms with Crippen LogP contribution in [0.5, 0.6) is 0 Å². The second-order valence-corrected chi connectivity index (χ2v) is 7.48. The molecule has 0 heterocycles. The number of hydrogen-bond acceptors (Lipinski definition) is 4. The van der Waals surface area contributed by atoms with Crippen LogP contribution < -0.4 is 10.6 Å². The molecule has 7 heteroatoms. The van der Waals surface area contributed by atoms with E-state index in [2.05, 4.69) is 10.6 Å². The zero-order valence-corrected chi connectivity index (χ0v) is 17.2. The van der Waals surface area contributed by atoms with E-state index in [0.717, 1.165) is 11.1 Å². The maximum atomic E-state index is 12.7. The van der Waals surface area contributed by atoms with Crippen LogP contribution in [-0.4, -0.2) is 35.2 Å². The van der Waals surface area contributed by atoms with Gasteiger partial charge in [0.25, 0.3) is 0 Å². The molecule has 0 radical (unpaired) electrons. The van der Waals surface area contributed by atoms with Gasteiger partial charge >= 0.3 is 12.1 Å². The Hall–Kier alpha value is -3.35. The molecule has 2 unspecified atom stereocenters. The molecule has 160 valence electrons. The number of aliphatic carboxylic acids is 1. The first-order valence-electron chi connectivity index (χ1n) is 9.89. The molecule has 30 heavy (non-hydrogen) atoms. The number of carbonyl (C=O) groups excluding carboxylic acids is 2. The number of carboxylic acid groups (broad SMARTS) is 1. The van der Waals surface area contributed by atoms with E-state index in [1.165, 1.54) is 0 Å². The average molecular weight is 412 g/mol. The molecule has 0 aromatic heterocycles. The van der Waals surface area contributed by atoms with Gasteiger partial charge in [-0.15, -0.1) is 0 Å². The maximum absolute atomic E-state index is 12.7. The van der Waals surface area contributed by atoms with Gasteiger partial charge in [-0.05, 0) is 23.5 Å². The zero-order valence-electron chi connectivity index (χ0n) is 17.2. The summed E-state index contributed by atoms with van der Waals surface area (Å²) in [7, 11) is 0. The summed E-state index contributed by atoms with van der Waals surface area (Å²) in [6.45, 7) is 3.90. The number of nitrogens with one attached hydrogen (secondary N) is 2. The summed E-state index contributed by atoms with van der Waals surface area (Å²) in [4.78, 5) is 36.6. The van der Waals surface area contributed by atoms with E-state index < -0.39 is 30.1 Å². The van der Waals surface area contributed by atoms with Crippen molar-refractivity contribution < 1.29 is 24.2 Å². The Balaban J connectivity index is 1.98. The van der Waals surface area contributed by atoms with Crippen molar-refractivity contribution in [3.05, 3.63) is 71.8 Å². The van der Waals surface area contributed by atoms with Crippen molar-refractivity contribution in [3.63, 3.8) is 0 Å². The first-order chi connectivity index (χ1) is 14.3. The van der Waals surface area contributed by atoms with Crippen LogP contribution in [0.15, 0.2) is 60.7 Å². The standard InChI is InChI=1S/C23H28N2O5/c1-16(2)13-19(25-23(29)30-15-18-11-7-4-8-12-18)21(26)24-20(22(27)28)14-17-9-5-3-6-10-17/h3-12,16,19-20H,13-15H2,1-2H3,(H,24,26)(H,25,29)(H,27,28). The molecule has 0 aliphatic heterocycles. The van der Waals surface area contributed by atoms with Crippen molar-refractivity contribution in [1.29, 1.82) is 0 Å². The van der Waals surface area contributed by atoms with Gasteiger partial charge in [-0.2, -0.15) is 0 Å². The minimum Gasteiger partial charge on any atom is -0.480 e. The smallest absolute Gasteiger partial charge is 0.408 e. The number of rotatable bonds is 10. The summed E-state index contributed by atoms with van der Waals surface area (Å²) in [6, 6.07) is 16.2. The van der Waals surface area contributed by atoms with Gasteiger partial charge in [0.1, 0.15) is 18.7 Å². The van der Waals surface area contributed by atoms with E-state index in [-0.39, 0.29) is 18.9 Å². The number of alkyl carbamates (subject to hydrolysis) is 1. The Morgan fingerprint density at radius 3 is 1.97 bits per heavy atom. The number of ether oxygens (including phenoxy) is 1. The van der Waals surface area contributed by atoms with Crippen LogP contribution in [0.25, 0.3) is 0 Å². The van der Waals surface area contributed by atoms with Crippen LogP contribution in [0.4, 0.5) is 4.79 Å². The van der Waals surface area contributed by atoms with Crippen LogP contribution >= 0.6 is 0 Å². The first-order valence-corrected chi connectivity index (χ1v) is 9.89. The molecule has 2 aromatic carbocycles. The van der Waals surface area contributed by atoms with Crippen molar-refractivity contribution in [1.82, 2.24) is 10.6 Å². The molecule has 0 saturated carbocycles. The molecule has 7 nitrogen and oxygen atoms in total. The molecule has 0 saturated heterocycles. The Bertz CT molecular complexity index is 824. The lowest BCUT2D eigenvalue weighted by Crippen LogP contribution is -2.52. The van der Waals surface area contributed by atoms with E-state index in [0.29, 0.717) is 6.42 Å². The fourth-order valence-corrected chi connectivity index (χ4v) is 2.93. The predicted molar refractivity (Wildman–Crippen MR) is 113 cm³/mol. The molecule has 0 bridgehead atoms. The second kappa shape index (κ2) is 11.6. The first kappa shape index (κ1) is 22.9. The summed E-state index contributed by atoms with van der Waals surface area (Å²) in [5.74, 6) is -1.58. The molecule has 0 spiro atoms. The normalized spacial score (nSPS) is 12.6. The quantitative estimate of drug-likeness (QED) is 0.556. The van der Waals surface area contributed by atoms with Crippen LogP contribution in [0.2, 0.25) is 0 Å². The van der Waals surface area contributed by atoms with E-state index in [1.54, 1.807) is 12.1 Å². The summed E-state index contributed by atoms with van der Waals surface area (Å²) < 4.78 is 5.19. The van der Waals surface area contributed by atoms with Crippen molar-refractivity contribution in [2.24, 2.45) is 5.92 Å². The molecule has 2 rings (SSSR count). The van der Waals surface area contributed by atoms with E-state index in [9.17, 15) is 19.5 Å². The minimum absolute atomic E-state index is 0.0778. The number of carboxylic acids is 1. The highest BCUT2D eigenvalue weighted by Crippen LogP contribution is 2.09. The van der Waals surface area contributed by atoms with Crippen LogP contribution in [0.3, 0.4) is 0 Å². The van der Waals surface area contributed by atoms with Crippen molar-refractivity contribution in [2.75, 3.05) is 0 Å². The van der Waals surface area contributed by atoms with Gasteiger partial charge in [0.2, 0.25) is 5.91 Å². The largest absolute Gasteiger partial charge is 0.480 e. The van der Waals surface area contributed by atoms with Gasteiger partial charge in [0.05, 0.1) is 0 Å². The van der Waals surface area contributed by atoms with Gasteiger partial charge in [-0.3, -0.25) is 4.79 Å². The van der Waals surface area contributed by atoms with Gasteiger partial charge in [0.15, 0.2) is 0 Å². The summed E-state index contributed by atoms with van der Waals surface area (Å²) in [6.07, 6.45) is -0.229. The van der Waals surface area contributed by atoms with Crippen molar-refractivity contribution in [3.8, 4) is 0 Å². The van der Waals surface area contributed by atoms with Crippen LogP contribution in [0, 0.1) is 5.92 Å². The van der Waals surface area contributed by atoms with Gasteiger partial charge in [0, 0.05) is 6.42 Å². The Morgan fingerprint density at radius 1 is 0.867 bits per heavy atom. The molecular weight excluding hydrogens is 384 g/mol. The lowest BCUT2D eigenvalue weighted by molar-refractivity contribution is -0.142. The highest BCUT2D eigenvalue weighted by molar-refractivity contribution is 5.89. The Morgan fingerprint density at radius 2 is 1.43 bits per heavy atom. The maximum Gasteiger partial charge on any atom is 0.408 e. The van der Waals surface area contributed by atoms with E-state index >= 15 is 0 Å². The number of hydrogen-bond donors (Lipinski definition) is 3. The fourth-order valence-electron chi connectivity index (χ4n) is 2.93. The highest BCUT2D eigenvalue weighted by atomic mass is 16.5. The number of benzene rings is 2. The predicted octanol–water partition coefficient (Wildman–Crippen LogP) is 3.14. The second-order valence-electron chi connectivity index (χ2n) is 7.48.